The van der Waals surface area contributed by atoms with Gasteiger partial charge in [0.15, 0.2) is 0 Å². The maximum atomic E-state index is 13.4. The highest BCUT2D eigenvalue weighted by atomic mass is 16.5. The van der Waals surface area contributed by atoms with E-state index in [9.17, 15) is 14.4 Å². The quantitative estimate of drug-likeness (QED) is 0.736. The normalized spacial score (nSPS) is 17.5. The Morgan fingerprint density at radius 1 is 0.848 bits per heavy atom. The molecule has 0 aliphatic carbocycles. The van der Waals surface area contributed by atoms with E-state index < -0.39 is 6.04 Å². The maximum absolute atomic E-state index is 13.4. The molecule has 2 aromatic carbocycles. The molecule has 1 N–H and O–H groups in total. The van der Waals surface area contributed by atoms with Crippen molar-refractivity contribution in [2.24, 2.45) is 5.92 Å². The van der Waals surface area contributed by atoms with Crippen LogP contribution >= 0.6 is 0 Å². The standard InChI is InChI=1S/C26H31N3O4/c1-33-22-11-9-20(10-12-22)24(30)27-23(26(32)28-15-5-6-16-28)19-13-17-29(18-14-19)25(31)21-7-3-2-4-8-21/h2-4,7-12,19,23H,5-6,13-18H2,1H3,(H,27,30). The van der Waals surface area contributed by atoms with Gasteiger partial charge in [-0.15, -0.1) is 0 Å². The third-order valence-corrected chi connectivity index (χ3v) is 6.64. The molecule has 0 radical (unpaired) electrons. The van der Waals surface area contributed by atoms with Crippen LogP contribution in [0.15, 0.2) is 54.6 Å². The minimum Gasteiger partial charge on any atom is -0.497 e. The summed E-state index contributed by atoms with van der Waals surface area (Å²) in [5, 5.41) is 3.02. The number of rotatable bonds is 6. The highest BCUT2D eigenvalue weighted by Crippen LogP contribution is 2.25. The van der Waals surface area contributed by atoms with E-state index in [1.807, 2.05) is 40.1 Å². The first-order chi connectivity index (χ1) is 16.1. The first-order valence-electron chi connectivity index (χ1n) is 11.6. The van der Waals surface area contributed by atoms with Crippen LogP contribution < -0.4 is 10.1 Å². The van der Waals surface area contributed by atoms with Crippen LogP contribution in [0.25, 0.3) is 0 Å². The average molecular weight is 450 g/mol. The SMILES string of the molecule is COc1ccc(C(=O)NC(C(=O)N2CCCC2)C2CCN(C(=O)c3ccccc3)CC2)cc1. The molecule has 0 saturated carbocycles. The Morgan fingerprint density at radius 2 is 1.48 bits per heavy atom. The molecule has 2 heterocycles. The fourth-order valence-corrected chi connectivity index (χ4v) is 4.68. The van der Waals surface area contributed by atoms with Crippen molar-refractivity contribution >= 4 is 17.7 Å². The zero-order valence-corrected chi connectivity index (χ0v) is 19.0. The summed E-state index contributed by atoms with van der Waals surface area (Å²) in [6.45, 7) is 2.61. The van der Waals surface area contributed by atoms with Crippen LogP contribution in [0, 0.1) is 5.92 Å². The third kappa shape index (κ3) is 5.35. The Bertz CT molecular complexity index is 963. The Labute approximate surface area is 194 Å². The summed E-state index contributed by atoms with van der Waals surface area (Å²) < 4.78 is 5.17. The van der Waals surface area contributed by atoms with Gasteiger partial charge in [-0.2, -0.15) is 0 Å². The van der Waals surface area contributed by atoms with Crippen molar-refractivity contribution in [1.82, 2.24) is 15.1 Å². The Balaban J connectivity index is 1.45. The molecule has 3 amide bonds. The number of hydrogen-bond donors (Lipinski definition) is 1. The molecule has 33 heavy (non-hydrogen) atoms. The summed E-state index contributed by atoms with van der Waals surface area (Å²) in [6, 6.07) is 15.5. The minimum atomic E-state index is -0.591. The molecule has 2 fully saturated rings. The van der Waals surface area contributed by atoms with Crippen LogP contribution in [-0.2, 0) is 4.79 Å². The molecular weight excluding hydrogens is 418 g/mol. The summed E-state index contributed by atoms with van der Waals surface area (Å²) in [6.07, 6.45) is 3.33. The van der Waals surface area contributed by atoms with Gasteiger partial charge in [0.1, 0.15) is 11.8 Å². The topological polar surface area (TPSA) is 79.0 Å². The number of hydrogen-bond acceptors (Lipinski definition) is 4. The van der Waals surface area contributed by atoms with E-state index in [2.05, 4.69) is 5.32 Å². The van der Waals surface area contributed by atoms with E-state index in [4.69, 9.17) is 4.74 Å². The van der Waals surface area contributed by atoms with E-state index in [1.165, 1.54) is 0 Å². The number of methoxy groups -OCH3 is 1. The highest BCUT2D eigenvalue weighted by Gasteiger charge is 2.37. The largest absolute Gasteiger partial charge is 0.497 e. The molecule has 4 rings (SSSR count). The van der Waals surface area contributed by atoms with E-state index >= 15 is 0 Å². The van der Waals surface area contributed by atoms with Gasteiger partial charge in [-0.3, -0.25) is 14.4 Å². The maximum Gasteiger partial charge on any atom is 0.253 e. The number of piperidine rings is 1. The van der Waals surface area contributed by atoms with E-state index in [0.717, 1.165) is 25.9 Å². The molecule has 7 nitrogen and oxygen atoms in total. The fraction of sp³-hybridized carbons (Fsp3) is 0.423. The average Bonchev–Trinajstić information content (AvgIpc) is 3.42. The number of ether oxygens (including phenoxy) is 1. The van der Waals surface area contributed by atoms with Gasteiger partial charge in [-0.05, 0) is 68.0 Å². The lowest BCUT2D eigenvalue weighted by Gasteiger charge is -2.37. The first kappa shape index (κ1) is 22.8. The summed E-state index contributed by atoms with van der Waals surface area (Å²) in [5.41, 5.74) is 1.17. The minimum absolute atomic E-state index is 0.0119. The molecule has 0 bridgehead atoms. The van der Waals surface area contributed by atoms with Crippen LogP contribution in [0.4, 0.5) is 0 Å². The molecule has 0 spiro atoms. The van der Waals surface area contributed by atoms with Gasteiger partial charge in [0.2, 0.25) is 5.91 Å². The van der Waals surface area contributed by atoms with Crippen LogP contribution in [0.3, 0.4) is 0 Å². The number of carbonyl (C=O) groups excluding carboxylic acids is 3. The molecule has 0 aromatic heterocycles. The van der Waals surface area contributed by atoms with Crippen LogP contribution in [0.2, 0.25) is 0 Å². The summed E-state index contributed by atoms with van der Waals surface area (Å²) in [7, 11) is 1.58. The number of carbonyl (C=O) groups is 3. The van der Waals surface area contributed by atoms with Crippen molar-refractivity contribution in [3.63, 3.8) is 0 Å². The Morgan fingerprint density at radius 3 is 2.09 bits per heavy atom. The predicted octanol–water partition coefficient (Wildman–Crippen LogP) is 2.97. The lowest BCUT2D eigenvalue weighted by atomic mass is 9.88. The predicted molar refractivity (Wildman–Crippen MR) is 125 cm³/mol. The second-order valence-corrected chi connectivity index (χ2v) is 8.71. The molecule has 1 atom stereocenters. The Kier molecular flexibility index (Phi) is 7.27. The van der Waals surface area contributed by atoms with Gasteiger partial charge in [0, 0.05) is 37.3 Å². The smallest absolute Gasteiger partial charge is 0.253 e. The van der Waals surface area contributed by atoms with Gasteiger partial charge in [-0.25, -0.2) is 0 Å². The molecule has 2 saturated heterocycles. The van der Waals surface area contributed by atoms with Crippen molar-refractivity contribution in [2.75, 3.05) is 33.3 Å². The van der Waals surface area contributed by atoms with Gasteiger partial charge in [-0.1, -0.05) is 18.2 Å². The fourth-order valence-electron chi connectivity index (χ4n) is 4.68. The number of likely N-dealkylation sites (tertiary alicyclic amines) is 2. The molecule has 7 heteroatoms. The second kappa shape index (κ2) is 10.5. The van der Waals surface area contributed by atoms with Crippen molar-refractivity contribution in [3.05, 3.63) is 65.7 Å². The van der Waals surface area contributed by atoms with Crippen LogP contribution in [-0.4, -0.2) is 66.9 Å². The highest BCUT2D eigenvalue weighted by molar-refractivity contribution is 5.98. The number of nitrogens with one attached hydrogen (secondary N) is 1. The first-order valence-corrected chi connectivity index (χ1v) is 11.6. The molecule has 1 unspecified atom stereocenters. The summed E-state index contributed by atoms with van der Waals surface area (Å²) >= 11 is 0. The van der Waals surface area contributed by atoms with Crippen LogP contribution in [0.5, 0.6) is 5.75 Å². The zero-order valence-electron chi connectivity index (χ0n) is 19.0. The molecule has 2 aliphatic heterocycles. The molecule has 2 aromatic rings. The number of amides is 3. The number of benzene rings is 2. The monoisotopic (exact) mass is 449 g/mol. The lowest BCUT2D eigenvalue weighted by Crippen LogP contribution is -2.54. The lowest BCUT2D eigenvalue weighted by molar-refractivity contribution is -0.134. The van der Waals surface area contributed by atoms with Crippen LogP contribution in [0.1, 0.15) is 46.4 Å². The van der Waals surface area contributed by atoms with E-state index in [-0.39, 0.29) is 23.6 Å². The van der Waals surface area contributed by atoms with Crippen molar-refractivity contribution in [1.29, 1.82) is 0 Å². The molecular formula is C26H31N3O4. The molecule has 2 aliphatic rings. The Hall–Kier alpha value is -3.35. The van der Waals surface area contributed by atoms with Crippen molar-refractivity contribution in [3.8, 4) is 5.75 Å². The summed E-state index contributed by atoms with van der Waals surface area (Å²) in [4.78, 5) is 42.9. The zero-order chi connectivity index (χ0) is 23.2. The van der Waals surface area contributed by atoms with Gasteiger partial charge in [0.25, 0.3) is 11.8 Å². The van der Waals surface area contributed by atoms with Gasteiger partial charge >= 0.3 is 0 Å². The second-order valence-electron chi connectivity index (χ2n) is 8.71. The van der Waals surface area contributed by atoms with Gasteiger partial charge < -0.3 is 19.9 Å². The van der Waals surface area contributed by atoms with Crippen molar-refractivity contribution in [2.45, 2.75) is 31.7 Å². The van der Waals surface area contributed by atoms with Crippen molar-refractivity contribution < 1.29 is 19.1 Å². The van der Waals surface area contributed by atoms with Gasteiger partial charge in [0.05, 0.1) is 7.11 Å². The molecule has 174 valence electrons. The summed E-state index contributed by atoms with van der Waals surface area (Å²) in [5.74, 6) is 0.394. The van der Waals surface area contributed by atoms with E-state index in [1.54, 1.807) is 31.4 Å². The number of nitrogens with zero attached hydrogens (tertiary/aromatic N) is 2. The third-order valence-electron chi connectivity index (χ3n) is 6.64. The van der Waals surface area contributed by atoms with E-state index in [0.29, 0.717) is 42.8 Å².